The molecule has 6 nitrogen and oxygen atoms in total. The fourth-order valence-electron chi connectivity index (χ4n) is 1.33. The van der Waals surface area contributed by atoms with E-state index in [1.54, 1.807) is 6.92 Å². The van der Waals surface area contributed by atoms with E-state index in [4.69, 9.17) is 5.11 Å². The molecule has 1 aromatic rings. The molecule has 0 spiro atoms. The Hall–Kier alpha value is -1.77. The number of aromatic nitrogens is 2. The minimum absolute atomic E-state index is 0.148. The lowest BCUT2D eigenvalue weighted by molar-refractivity contribution is -0.142. The highest BCUT2D eigenvalue weighted by Crippen LogP contribution is 2.17. The maximum Gasteiger partial charge on any atom is 0.408 e. The summed E-state index contributed by atoms with van der Waals surface area (Å²) in [4.78, 5) is 11.4. The summed E-state index contributed by atoms with van der Waals surface area (Å²) in [6, 6.07) is -1.00. The number of carbonyl (C=O) groups is 1. The zero-order valence-corrected chi connectivity index (χ0v) is 10.2. The molecular weight excluding hydrogens is 265 g/mol. The van der Waals surface area contributed by atoms with Crippen molar-refractivity contribution in [1.29, 1.82) is 0 Å². The van der Waals surface area contributed by atoms with Crippen LogP contribution in [0.3, 0.4) is 0 Å². The van der Waals surface area contributed by atoms with Gasteiger partial charge in [0.25, 0.3) is 0 Å². The molecule has 1 rings (SSSR count). The van der Waals surface area contributed by atoms with Crippen LogP contribution in [0.25, 0.3) is 0 Å². The van der Waals surface area contributed by atoms with Crippen molar-refractivity contribution in [2.75, 3.05) is 11.9 Å². The highest BCUT2D eigenvalue weighted by atomic mass is 19.4. The van der Waals surface area contributed by atoms with E-state index < -0.39 is 24.8 Å². The lowest BCUT2D eigenvalue weighted by Crippen LogP contribution is -2.39. The number of carbonyl (C=O) groups excluding carboxylic acids is 1. The molecule has 0 aromatic carbocycles. The number of hydrogen-bond donors (Lipinski definition) is 3. The molecule has 0 saturated carbocycles. The summed E-state index contributed by atoms with van der Waals surface area (Å²) in [5, 5.41) is 17.2. The highest BCUT2D eigenvalue weighted by molar-refractivity contribution is 5.89. The molecule has 0 fully saturated rings. The third-order valence-corrected chi connectivity index (χ3v) is 2.28. The van der Waals surface area contributed by atoms with Crippen LogP contribution in [0.2, 0.25) is 0 Å². The average Bonchev–Trinajstić information content (AvgIpc) is 2.70. The molecule has 0 radical (unpaired) electrons. The molecule has 108 valence electrons. The van der Waals surface area contributed by atoms with E-state index in [1.165, 1.54) is 0 Å². The number of nitrogens with zero attached hydrogens (tertiary/aromatic N) is 2. The smallest absolute Gasteiger partial charge is 0.394 e. The van der Waals surface area contributed by atoms with E-state index in [2.05, 4.69) is 15.7 Å². The van der Waals surface area contributed by atoms with E-state index in [-0.39, 0.29) is 12.3 Å². The van der Waals surface area contributed by atoms with Crippen LogP contribution in [0.15, 0.2) is 12.4 Å². The van der Waals surface area contributed by atoms with Crippen molar-refractivity contribution in [3.63, 3.8) is 0 Å². The number of hydrogen-bond acceptors (Lipinski definition) is 3. The molecule has 1 heterocycles. The molecule has 0 bridgehead atoms. The van der Waals surface area contributed by atoms with Crippen molar-refractivity contribution in [3.8, 4) is 0 Å². The number of urea groups is 1. The van der Waals surface area contributed by atoms with Crippen LogP contribution in [0.5, 0.6) is 0 Å². The maximum absolute atomic E-state index is 12.1. The van der Waals surface area contributed by atoms with Gasteiger partial charge in [-0.25, -0.2) is 4.79 Å². The predicted molar refractivity (Wildman–Crippen MR) is 61.6 cm³/mol. The largest absolute Gasteiger partial charge is 0.408 e. The van der Waals surface area contributed by atoms with Gasteiger partial charge in [0.2, 0.25) is 0 Å². The van der Waals surface area contributed by atoms with E-state index in [1.807, 2.05) is 0 Å². The van der Waals surface area contributed by atoms with Gasteiger partial charge in [0.1, 0.15) is 6.54 Å². The van der Waals surface area contributed by atoms with E-state index in [0.717, 1.165) is 12.4 Å². The molecule has 0 aliphatic heterocycles. The fourth-order valence-corrected chi connectivity index (χ4v) is 1.33. The van der Waals surface area contributed by atoms with Crippen LogP contribution in [-0.2, 0) is 6.54 Å². The van der Waals surface area contributed by atoms with Gasteiger partial charge in [-0.3, -0.25) is 4.68 Å². The molecule has 0 saturated heterocycles. The first-order chi connectivity index (χ1) is 8.84. The number of alkyl halides is 3. The fraction of sp³-hybridized carbons (Fsp3) is 0.600. The van der Waals surface area contributed by atoms with Crippen LogP contribution in [-0.4, -0.2) is 39.7 Å². The van der Waals surface area contributed by atoms with Gasteiger partial charge in [0.05, 0.1) is 24.5 Å². The predicted octanol–water partition coefficient (Wildman–Crippen LogP) is 1.34. The molecule has 0 aliphatic carbocycles. The van der Waals surface area contributed by atoms with Crippen molar-refractivity contribution in [1.82, 2.24) is 15.1 Å². The minimum atomic E-state index is -4.37. The van der Waals surface area contributed by atoms with Crippen LogP contribution < -0.4 is 10.6 Å². The quantitative estimate of drug-likeness (QED) is 0.761. The highest BCUT2D eigenvalue weighted by Gasteiger charge is 2.28. The molecule has 0 aliphatic rings. The second kappa shape index (κ2) is 6.41. The summed E-state index contributed by atoms with van der Waals surface area (Å²) in [5.41, 5.74) is 0.148. The SMILES string of the molecule is CCC(CO)NC(=O)Nc1cnn(CC(F)(F)F)c1. The van der Waals surface area contributed by atoms with Crippen LogP contribution in [0.1, 0.15) is 13.3 Å². The molecule has 2 amide bonds. The Labute approximate surface area is 107 Å². The Kier molecular flexibility index (Phi) is 5.16. The Bertz CT molecular complexity index is 415. The molecular formula is C10H15F3N4O2. The number of nitrogens with one attached hydrogen (secondary N) is 2. The number of halogens is 3. The summed E-state index contributed by atoms with van der Waals surface area (Å²) in [6.07, 6.45) is -1.63. The molecule has 9 heteroatoms. The topological polar surface area (TPSA) is 79.2 Å². The Morgan fingerprint density at radius 2 is 2.26 bits per heavy atom. The third kappa shape index (κ3) is 5.60. The zero-order valence-electron chi connectivity index (χ0n) is 10.2. The van der Waals surface area contributed by atoms with Gasteiger partial charge in [-0.1, -0.05) is 6.92 Å². The summed E-state index contributed by atoms with van der Waals surface area (Å²) in [6.45, 7) is 0.351. The molecule has 1 unspecified atom stereocenters. The van der Waals surface area contributed by atoms with Gasteiger partial charge >= 0.3 is 12.2 Å². The Morgan fingerprint density at radius 3 is 2.79 bits per heavy atom. The van der Waals surface area contributed by atoms with Crippen molar-refractivity contribution in [2.45, 2.75) is 32.1 Å². The van der Waals surface area contributed by atoms with E-state index in [9.17, 15) is 18.0 Å². The van der Waals surface area contributed by atoms with E-state index >= 15 is 0 Å². The summed E-state index contributed by atoms with van der Waals surface area (Å²) in [5.74, 6) is 0. The van der Waals surface area contributed by atoms with Gasteiger partial charge in [-0.2, -0.15) is 18.3 Å². The lowest BCUT2D eigenvalue weighted by atomic mass is 10.2. The van der Waals surface area contributed by atoms with Crippen molar-refractivity contribution >= 4 is 11.7 Å². The van der Waals surface area contributed by atoms with Gasteiger partial charge < -0.3 is 15.7 Å². The van der Waals surface area contributed by atoms with Crippen LogP contribution >= 0.6 is 0 Å². The lowest BCUT2D eigenvalue weighted by Gasteiger charge is -2.13. The van der Waals surface area contributed by atoms with Crippen molar-refractivity contribution in [2.24, 2.45) is 0 Å². The molecule has 1 aromatic heterocycles. The zero-order chi connectivity index (χ0) is 14.5. The normalized spacial score (nSPS) is 13.1. The van der Waals surface area contributed by atoms with Crippen LogP contribution in [0, 0.1) is 0 Å². The number of aliphatic hydroxyl groups excluding tert-OH is 1. The summed E-state index contributed by atoms with van der Waals surface area (Å²) in [7, 11) is 0. The molecule has 19 heavy (non-hydrogen) atoms. The van der Waals surface area contributed by atoms with Gasteiger partial charge in [-0.05, 0) is 6.42 Å². The third-order valence-electron chi connectivity index (χ3n) is 2.28. The first-order valence-corrected chi connectivity index (χ1v) is 5.61. The first kappa shape index (κ1) is 15.3. The second-order valence-corrected chi connectivity index (χ2v) is 3.93. The summed E-state index contributed by atoms with van der Waals surface area (Å²) < 4.78 is 36.9. The van der Waals surface area contributed by atoms with Crippen molar-refractivity contribution in [3.05, 3.63) is 12.4 Å². The average molecular weight is 280 g/mol. The Morgan fingerprint density at radius 1 is 1.58 bits per heavy atom. The standard InChI is InChI=1S/C10H15F3N4O2/c1-2-7(5-18)15-9(19)16-8-3-14-17(4-8)6-10(11,12)13/h3-4,7,18H,2,5-6H2,1H3,(H2,15,16,19). The number of anilines is 1. The summed E-state index contributed by atoms with van der Waals surface area (Å²) >= 11 is 0. The minimum Gasteiger partial charge on any atom is -0.394 e. The van der Waals surface area contributed by atoms with Crippen LogP contribution in [0.4, 0.5) is 23.7 Å². The maximum atomic E-state index is 12.1. The van der Waals surface area contributed by atoms with E-state index in [0.29, 0.717) is 11.1 Å². The van der Waals surface area contributed by atoms with Gasteiger partial charge in [0.15, 0.2) is 0 Å². The Balaban J connectivity index is 2.51. The molecule has 3 N–H and O–H groups in total. The number of rotatable bonds is 5. The first-order valence-electron chi connectivity index (χ1n) is 5.61. The number of aliphatic hydroxyl groups is 1. The monoisotopic (exact) mass is 280 g/mol. The second-order valence-electron chi connectivity index (χ2n) is 3.93. The molecule has 1 atom stereocenters. The van der Waals surface area contributed by atoms with Crippen molar-refractivity contribution < 1.29 is 23.1 Å². The number of amides is 2. The van der Waals surface area contributed by atoms with Gasteiger partial charge in [-0.15, -0.1) is 0 Å². The van der Waals surface area contributed by atoms with Gasteiger partial charge in [0, 0.05) is 6.20 Å².